The Kier molecular flexibility index (Phi) is 4.59. The van der Waals surface area contributed by atoms with E-state index >= 15 is 0 Å². The third-order valence-electron chi connectivity index (χ3n) is 5.61. The second-order valence-electron chi connectivity index (χ2n) is 7.94. The van der Waals surface area contributed by atoms with Crippen LogP contribution in [-0.4, -0.2) is 83.5 Å². The van der Waals surface area contributed by atoms with Gasteiger partial charge in [-0.3, -0.25) is 0 Å². The van der Waals surface area contributed by atoms with Crippen molar-refractivity contribution < 1.29 is 42.5 Å². The predicted octanol–water partition coefficient (Wildman–Crippen LogP) is 2.01. The van der Waals surface area contributed by atoms with Gasteiger partial charge >= 0.3 is 0 Å². The Morgan fingerprint density at radius 2 is 2.17 bits per heavy atom. The summed E-state index contributed by atoms with van der Waals surface area (Å²) < 4.78 is 116. The topological polar surface area (TPSA) is 138 Å². The number of hydrogen-bond acceptors (Lipinski definition) is 10. The van der Waals surface area contributed by atoms with E-state index in [4.69, 9.17) is 18.4 Å². The molecule has 2 aromatic heterocycles. The number of nitrogens with zero attached hydrogens (tertiary/aromatic N) is 5. The van der Waals surface area contributed by atoms with Gasteiger partial charge in [-0.05, 0) is 30.4 Å². The van der Waals surface area contributed by atoms with Crippen molar-refractivity contribution in [3.8, 4) is 0 Å². The summed E-state index contributed by atoms with van der Waals surface area (Å²) in [6.07, 6.45) is -7.46. The van der Waals surface area contributed by atoms with Crippen LogP contribution in [0.15, 0.2) is 23.3 Å². The molecule has 2 fully saturated rings. The van der Waals surface area contributed by atoms with E-state index in [0.29, 0.717) is 11.8 Å². The van der Waals surface area contributed by atoms with E-state index < -0.39 is 96.9 Å². The number of halogens is 2. The van der Waals surface area contributed by atoms with Crippen molar-refractivity contribution in [3.05, 3.63) is 35.3 Å². The average Bonchev–Trinajstić information content (AvgIpc) is 3.28. The Morgan fingerprint density at radius 3 is 2.94 bits per heavy atom. The summed E-state index contributed by atoms with van der Waals surface area (Å²) in [5.74, 6) is -5.69. The normalized spacial score (nSPS) is 35.9. The lowest BCUT2D eigenvalue weighted by Crippen LogP contribution is -2.33. The van der Waals surface area contributed by atoms with Gasteiger partial charge in [-0.25, -0.2) is 23.4 Å². The number of anilines is 1. The van der Waals surface area contributed by atoms with Gasteiger partial charge in [-0.1, -0.05) is 29.9 Å². The molecule has 0 radical (unpaired) electrons. The maximum absolute atomic E-state index is 14.4. The van der Waals surface area contributed by atoms with Gasteiger partial charge in [-0.2, -0.15) is 0 Å². The van der Waals surface area contributed by atoms with Gasteiger partial charge in [0.05, 0.1) is 33.5 Å². The van der Waals surface area contributed by atoms with E-state index in [9.17, 15) is 24.1 Å². The highest BCUT2D eigenvalue weighted by molar-refractivity contribution is 7.99. The number of hydrogen-bond donors (Lipinski definition) is 4. The summed E-state index contributed by atoms with van der Waals surface area (Å²) in [7, 11) is 0. The van der Waals surface area contributed by atoms with Gasteiger partial charge in [0.25, 0.3) is 0 Å². The third-order valence-corrected chi connectivity index (χ3v) is 6.41. The first-order chi connectivity index (χ1) is 21.2. The summed E-state index contributed by atoms with van der Waals surface area (Å²) in [5.41, 5.74) is -3.06. The number of aliphatic hydroxyl groups is 3. The average molecular weight is 533 g/mol. The van der Waals surface area contributed by atoms with Crippen LogP contribution in [0.3, 0.4) is 0 Å². The molecule has 13 heteroatoms. The quantitative estimate of drug-likeness (QED) is 0.227. The van der Waals surface area contributed by atoms with E-state index in [0.717, 1.165) is 4.68 Å². The molecule has 10 nitrogen and oxygen atoms in total. The minimum absolute atomic E-state index is 0.00407. The Morgan fingerprint density at radius 1 is 1.33 bits per heavy atom. The van der Waals surface area contributed by atoms with Gasteiger partial charge in [0.1, 0.15) is 12.2 Å². The molecule has 5 rings (SSSR count). The molecule has 2 saturated carbocycles. The highest BCUT2D eigenvalue weighted by Crippen LogP contribution is 2.44. The molecule has 0 spiro atoms. The van der Waals surface area contributed by atoms with Crippen LogP contribution >= 0.6 is 11.8 Å². The SMILES string of the molecule is [2H]c1c([2H])c(C2C([2H])([2H])[C@]2([2H])Nc2nc(SC([2H])([2H])CC)nc3c2nnn3[C@@H]2C[C@H](OC([2H])([2H])CO)[C@@H](O)[C@H]2O)c([2H])c(F)c1F. The summed E-state index contributed by atoms with van der Waals surface area (Å²) in [4.78, 5) is 8.52. The van der Waals surface area contributed by atoms with Crippen LogP contribution in [-0.2, 0) is 4.74 Å². The van der Waals surface area contributed by atoms with Crippen LogP contribution in [0.25, 0.3) is 11.2 Å². The van der Waals surface area contributed by atoms with Crippen LogP contribution in [0.2, 0.25) is 0 Å². The monoisotopic (exact) mass is 532 g/mol. The Balaban J connectivity index is 1.59. The fourth-order valence-corrected chi connectivity index (χ4v) is 4.41. The van der Waals surface area contributed by atoms with E-state index in [1.165, 1.54) is 0 Å². The Hall–Kier alpha value is -2.45. The molecule has 0 aliphatic heterocycles. The van der Waals surface area contributed by atoms with Crippen molar-refractivity contribution in [1.82, 2.24) is 25.0 Å². The molecule has 6 atom stereocenters. The van der Waals surface area contributed by atoms with Crippen molar-refractivity contribution in [2.24, 2.45) is 0 Å². The number of aromatic nitrogens is 5. The molecule has 3 aromatic rings. The second kappa shape index (κ2) is 10.5. The van der Waals surface area contributed by atoms with E-state index in [2.05, 4.69) is 25.6 Å². The molecule has 0 saturated heterocycles. The first-order valence-corrected chi connectivity index (χ1v) is 11.7. The lowest BCUT2D eigenvalue weighted by atomic mass is 10.1. The van der Waals surface area contributed by atoms with Crippen LogP contribution < -0.4 is 5.32 Å². The van der Waals surface area contributed by atoms with Crippen molar-refractivity contribution in [1.29, 1.82) is 0 Å². The van der Waals surface area contributed by atoms with Crippen LogP contribution in [0, 0.1) is 11.6 Å². The van der Waals surface area contributed by atoms with E-state index in [1.54, 1.807) is 6.92 Å². The second-order valence-corrected chi connectivity index (χ2v) is 8.79. The largest absolute Gasteiger partial charge is 0.394 e. The van der Waals surface area contributed by atoms with Crippen molar-refractivity contribution >= 4 is 28.7 Å². The fourth-order valence-electron chi connectivity index (χ4n) is 3.87. The maximum atomic E-state index is 14.4. The van der Waals surface area contributed by atoms with Gasteiger partial charge in [0.15, 0.2) is 33.8 Å². The van der Waals surface area contributed by atoms with Gasteiger partial charge in [0, 0.05) is 29.5 Å². The molecule has 2 aliphatic carbocycles. The predicted molar refractivity (Wildman–Crippen MR) is 128 cm³/mol. The molecule has 1 aromatic carbocycles. The lowest BCUT2D eigenvalue weighted by molar-refractivity contribution is -0.0629. The maximum Gasteiger partial charge on any atom is 0.191 e. The summed E-state index contributed by atoms with van der Waals surface area (Å²) in [6.45, 7) is -2.03. The lowest BCUT2D eigenvalue weighted by Gasteiger charge is -2.17. The van der Waals surface area contributed by atoms with Gasteiger partial charge in [-0.15, -0.1) is 5.10 Å². The highest BCUT2D eigenvalue weighted by Gasteiger charge is 2.45. The van der Waals surface area contributed by atoms with Crippen LogP contribution in [0.1, 0.15) is 57.4 Å². The highest BCUT2D eigenvalue weighted by atomic mass is 32.2. The molecule has 4 N–H and O–H groups in total. The number of nitrogens with one attached hydrogen (secondary N) is 1. The first kappa shape index (κ1) is 15.7. The zero-order valence-electron chi connectivity index (χ0n) is 28.7. The number of thioether (sulfide) groups is 1. The first-order valence-electron chi connectivity index (χ1n) is 15.9. The minimum Gasteiger partial charge on any atom is -0.394 e. The Bertz CT molecular complexity index is 1660. The molecule has 1 unspecified atom stereocenters. The number of benzene rings is 1. The minimum atomic E-state index is -2.64. The number of fused-ring (bicyclic) bond motifs is 1. The van der Waals surface area contributed by atoms with Crippen molar-refractivity contribution in [2.75, 3.05) is 24.2 Å². The van der Waals surface area contributed by atoms with Gasteiger partial charge < -0.3 is 25.4 Å². The molecule has 2 aliphatic rings. The van der Waals surface area contributed by atoms with Crippen molar-refractivity contribution in [3.63, 3.8) is 0 Å². The van der Waals surface area contributed by atoms with Gasteiger partial charge in [0.2, 0.25) is 0 Å². The fraction of sp³-hybridized carbons (Fsp3) is 0.565. The molecule has 2 heterocycles. The third kappa shape index (κ3) is 4.90. The summed E-state index contributed by atoms with van der Waals surface area (Å²) in [6, 6.07) is -7.03. The zero-order chi connectivity index (χ0) is 34.3. The zero-order valence-corrected chi connectivity index (χ0v) is 19.5. The number of aliphatic hydroxyl groups excluding tert-OH is 3. The van der Waals surface area contributed by atoms with Crippen LogP contribution in [0.4, 0.5) is 14.6 Å². The standard InChI is InChI=1S/C23H28F2N6O4S/c1-2-7-36-23-27-21(26-15-9-12(15)11-3-4-13(24)14(25)8-11)18-22(28-23)31(30-29-18)16-10-17(35-6-5-32)20(34)19(16)33/h3-4,8,12,15-17,19-20,32-34H,2,5-7,9-10H2,1H3,(H,26,27,28)/t12?,15-,16+,17-,19-,20+/m0/s1/i3D,4D,6D2,7D2,8D,9D2,15D. The summed E-state index contributed by atoms with van der Waals surface area (Å²) >= 11 is 0.553. The molecular formula is C23H28F2N6O4S. The molecule has 194 valence electrons. The number of rotatable bonds is 10. The summed E-state index contributed by atoms with van der Waals surface area (Å²) in [5, 5.41) is 40.8. The molecular weight excluding hydrogens is 494 g/mol. The van der Waals surface area contributed by atoms with E-state index in [1.807, 2.05) is 0 Å². The van der Waals surface area contributed by atoms with Crippen LogP contribution in [0.5, 0.6) is 0 Å². The number of ether oxygens (including phenoxy) is 1. The molecule has 0 bridgehead atoms. The molecule has 0 amide bonds. The smallest absolute Gasteiger partial charge is 0.191 e. The van der Waals surface area contributed by atoms with Crippen molar-refractivity contribution in [2.45, 2.75) is 67.6 Å². The van der Waals surface area contributed by atoms with E-state index in [-0.39, 0.29) is 35.0 Å². The Labute approximate surface area is 224 Å². The molecule has 36 heavy (non-hydrogen) atoms.